The number of hydrogen-bond donors (Lipinski definition) is 1. The standard InChI is InChI=1S/C26H30N2O4/c1-5-15-26(7-3,8-4)21-17-20(13-14-22(21)31-16-6-2)24-28-27-23(32-24)18-9-11-19(12-10-18)25(29)30/h5,9-14,17H,1,6-8,15-16H2,2-4H3,(H,29,30). The van der Waals surface area contributed by atoms with Crippen molar-refractivity contribution in [3.63, 3.8) is 0 Å². The first-order valence-electron chi connectivity index (χ1n) is 11.0. The van der Waals surface area contributed by atoms with Crippen LogP contribution in [0.4, 0.5) is 0 Å². The topological polar surface area (TPSA) is 85.5 Å². The molecule has 1 N–H and O–H groups in total. The zero-order valence-corrected chi connectivity index (χ0v) is 18.9. The molecule has 1 heterocycles. The molecule has 168 valence electrons. The molecule has 0 saturated carbocycles. The van der Waals surface area contributed by atoms with Gasteiger partial charge >= 0.3 is 5.97 Å². The lowest BCUT2D eigenvalue weighted by molar-refractivity contribution is 0.0697. The summed E-state index contributed by atoms with van der Waals surface area (Å²) in [4.78, 5) is 11.1. The summed E-state index contributed by atoms with van der Waals surface area (Å²) >= 11 is 0. The Hall–Kier alpha value is -3.41. The van der Waals surface area contributed by atoms with Gasteiger partial charge in [-0.25, -0.2) is 4.79 Å². The molecule has 6 nitrogen and oxygen atoms in total. The summed E-state index contributed by atoms with van der Waals surface area (Å²) in [5, 5.41) is 17.5. The predicted octanol–water partition coefficient (Wildman–Crippen LogP) is 6.52. The second-order valence-electron chi connectivity index (χ2n) is 7.83. The molecule has 2 aromatic carbocycles. The number of aromatic nitrogens is 2. The molecule has 0 bridgehead atoms. The molecule has 0 saturated heterocycles. The fourth-order valence-corrected chi connectivity index (χ4v) is 3.93. The van der Waals surface area contributed by atoms with E-state index < -0.39 is 5.97 Å². The van der Waals surface area contributed by atoms with Gasteiger partial charge in [0.05, 0.1) is 12.2 Å². The van der Waals surface area contributed by atoms with Gasteiger partial charge in [0.15, 0.2) is 0 Å². The van der Waals surface area contributed by atoms with Crippen molar-refractivity contribution in [2.45, 2.75) is 51.9 Å². The normalized spacial score (nSPS) is 11.3. The smallest absolute Gasteiger partial charge is 0.335 e. The summed E-state index contributed by atoms with van der Waals surface area (Å²) in [6.45, 7) is 11.1. The van der Waals surface area contributed by atoms with Gasteiger partial charge in [-0.15, -0.1) is 16.8 Å². The maximum atomic E-state index is 11.1. The van der Waals surface area contributed by atoms with E-state index >= 15 is 0 Å². The number of carboxylic acid groups (broad SMARTS) is 1. The van der Waals surface area contributed by atoms with Gasteiger partial charge in [0.25, 0.3) is 0 Å². The molecule has 0 aliphatic rings. The van der Waals surface area contributed by atoms with Crippen LogP contribution in [0, 0.1) is 0 Å². The highest BCUT2D eigenvalue weighted by molar-refractivity contribution is 5.88. The van der Waals surface area contributed by atoms with Crippen LogP contribution in [-0.2, 0) is 5.41 Å². The van der Waals surface area contributed by atoms with Crippen molar-refractivity contribution < 1.29 is 19.1 Å². The Balaban J connectivity index is 2.01. The van der Waals surface area contributed by atoms with Crippen LogP contribution in [0.5, 0.6) is 5.75 Å². The lowest BCUT2D eigenvalue weighted by Gasteiger charge is -2.33. The van der Waals surface area contributed by atoms with Crippen molar-refractivity contribution in [2.24, 2.45) is 0 Å². The lowest BCUT2D eigenvalue weighted by Crippen LogP contribution is -2.25. The molecule has 0 atom stereocenters. The van der Waals surface area contributed by atoms with Crippen LogP contribution in [-0.4, -0.2) is 27.9 Å². The highest BCUT2D eigenvalue weighted by Crippen LogP contribution is 2.42. The van der Waals surface area contributed by atoms with E-state index in [0.717, 1.165) is 42.6 Å². The zero-order valence-electron chi connectivity index (χ0n) is 18.9. The predicted molar refractivity (Wildman–Crippen MR) is 125 cm³/mol. The van der Waals surface area contributed by atoms with E-state index in [1.54, 1.807) is 12.1 Å². The molecule has 0 aliphatic carbocycles. The average molecular weight is 435 g/mol. The molecule has 0 spiro atoms. The molecule has 1 aromatic heterocycles. The molecule has 0 radical (unpaired) electrons. The average Bonchev–Trinajstić information content (AvgIpc) is 3.32. The summed E-state index contributed by atoms with van der Waals surface area (Å²) in [6.07, 6.45) is 5.65. The van der Waals surface area contributed by atoms with Crippen LogP contribution in [0.3, 0.4) is 0 Å². The highest BCUT2D eigenvalue weighted by atomic mass is 16.5. The van der Waals surface area contributed by atoms with E-state index in [0.29, 0.717) is 24.0 Å². The largest absolute Gasteiger partial charge is 0.493 e. The van der Waals surface area contributed by atoms with Gasteiger partial charge in [0.1, 0.15) is 5.75 Å². The van der Waals surface area contributed by atoms with Gasteiger partial charge in [-0.3, -0.25) is 0 Å². The quantitative estimate of drug-likeness (QED) is 0.346. The Morgan fingerprint density at radius 3 is 2.25 bits per heavy atom. The molecule has 0 amide bonds. The van der Waals surface area contributed by atoms with Crippen LogP contribution >= 0.6 is 0 Å². The molecule has 0 aliphatic heterocycles. The lowest BCUT2D eigenvalue weighted by atomic mass is 9.72. The van der Waals surface area contributed by atoms with E-state index in [2.05, 4.69) is 43.6 Å². The highest BCUT2D eigenvalue weighted by Gasteiger charge is 2.31. The molecule has 3 aromatic rings. The minimum absolute atomic E-state index is 0.0870. The molecule has 32 heavy (non-hydrogen) atoms. The number of ether oxygens (including phenoxy) is 1. The van der Waals surface area contributed by atoms with E-state index in [1.165, 1.54) is 12.1 Å². The first-order chi connectivity index (χ1) is 15.5. The molecular weight excluding hydrogens is 404 g/mol. The SMILES string of the molecule is C=CCC(CC)(CC)c1cc(-c2nnc(-c3ccc(C(=O)O)cc3)o2)ccc1OCCC. The zero-order chi connectivity index (χ0) is 23.1. The molecule has 0 fully saturated rings. The van der Waals surface area contributed by atoms with Crippen molar-refractivity contribution in [3.05, 3.63) is 66.2 Å². The van der Waals surface area contributed by atoms with Crippen LogP contribution in [0.1, 0.15) is 62.4 Å². The van der Waals surface area contributed by atoms with Crippen LogP contribution < -0.4 is 4.74 Å². The van der Waals surface area contributed by atoms with E-state index in [4.69, 9.17) is 14.3 Å². The number of nitrogens with zero attached hydrogens (tertiary/aromatic N) is 2. The van der Waals surface area contributed by atoms with Gasteiger partial charge in [-0.2, -0.15) is 0 Å². The van der Waals surface area contributed by atoms with Crippen molar-refractivity contribution in [1.29, 1.82) is 0 Å². The number of allylic oxidation sites excluding steroid dienone is 1. The summed E-state index contributed by atoms with van der Waals surface area (Å²) in [5.74, 6) is 0.652. The summed E-state index contributed by atoms with van der Waals surface area (Å²) in [6, 6.07) is 12.4. The molecule has 0 unspecified atom stereocenters. The maximum absolute atomic E-state index is 11.1. The monoisotopic (exact) mass is 434 g/mol. The second kappa shape index (κ2) is 10.3. The van der Waals surface area contributed by atoms with E-state index in [1.807, 2.05) is 18.2 Å². The van der Waals surface area contributed by atoms with Gasteiger partial charge < -0.3 is 14.3 Å². The third kappa shape index (κ3) is 4.74. The molecular formula is C26H30N2O4. The van der Waals surface area contributed by atoms with Gasteiger partial charge in [-0.1, -0.05) is 26.8 Å². The van der Waals surface area contributed by atoms with Gasteiger partial charge in [0.2, 0.25) is 11.8 Å². The minimum atomic E-state index is -0.976. The number of carbonyl (C=O) groups is 1. The number of carboxylic acids is 1. The van der Waals surface area contributed by atoms with E-state index in [-0.39, 0.29) is 11.0 Å². The van der Waals surface area contributed by atoms with Crippen molar-refractivity contribution in [2.75, 3.05) is 6.61 Å². The molecule has 3 rings (SSSR count). The fraction of sp³-hybridized carbons (Fsp3) is 0.346. The number of rotatable bonds is 11. The van der Waals surface area contributed by atoms with Crippen molar-refractivity contribution in [1.82, 2.24) is 10.2 Å². The number of benzene rings is 2. The summed E-state index contributed by atoms with van der Waals surface area (Å²) in [5.41, 5.74) is 2.73. The maximum Gasteiger partial charge on any atom is 0.335 e. The third-order valence-electron chi connectivity index (χ3n) is 5.95. The summed E-state index contributed by atoms with van der Waals surface area (Å²) < 4.78 is 12.0. The first-order valence-corrected chi connectivity index (χ1v) is 11.0. The second-order valence-corrected chi connectivity index (χ2v) is 7.83. The van der Waals surface area contributed by atoms with Crippen molar-refractivity contribution >= 4 is 5.97 Å². The van der Waals surface area contributed by atoms with Crippen molar-refractivity contribution in [3.8, 4) is 28.7 Å². The number of hydrogen-bond acceptors (Lipinski definition) is 5. The Kier molecular flexibility index (Phi) is 7.46. The van der Waals surface area contributed by atoms with Crippen LogP contribution in [0.15, 0.2) is 59.5 Å². The third-order valence-corrected chi connectivity index (χ3v) is 5.95. The Morgan fingerprint density at radius 2 is 1.69 bits per heavy atom. The van der Waals surface area contributed by atoms with Gasteiger partial charge in [0, 0.05) is 22.1 Å². The van der Waals surface area contributed by atoms with Crippen LogP contribution in [0.25, 0.3) is 22.9 Å². The number of aromatic carboxylic acids is 1. The Labute approximate surface area is 189 Å². The Bertz CT molecular complexity index is 1070. The fourth-order valence-electron chi connectivity index (χ4n) is 3.93. The summed E-state index contributed by atoms with van der Waals surface area (Å²) in [7, 11) is 0. The molecule has 6 heteroatoms. The van der Waals surface area contributed by atoms with E-state index in [9.17, 15) is 4.79 Å². The van der Waals surface area contributed by atoms with Gasteiger partial charge in [-0.05, 0) is 68.1 Å². The van der Waals surface area contributed by atoms with Crippen LogP contribution in [0.2, 0.25) is 0 Å². The first kappa shape index (κ1) is 23.3. The minimum Gasteiger partial charge on any atom is -0.493 e. The Morgan fingerprint density at radius 1 is 1.06 bits per heavy atom.